The molecule has 26 heavy (non-hydrogen) atoms. The van der Waals surface area contributed by atoms with Crippen LogP contribution in [0.3, 0.4) is 0 Å². The van der Waals surface area contributed by atoms with Crippen LogP contribution in [-0.2, 0) is 0 Å². The van der Waals surface area contributed by atoms with E-state index in [0.29, 0.717) is 0 Å². The molecule has 0 radical (unpaired) electrons. The van der Waals surface area contributed by atoms with Gasteiger partial charge < -0.3 is 14.0 Å². The minimum Gasteiger partial charge on any atom is -0.497 e. The average molecular weight is 361 g/mol. The van der Waals surface area contributed by atoms with Crippen molar-refractivity contribution in [3.05, 3.63) is 78.2 Å². The van der Waals surface area contributed by atoms with Gasteiger partial charge in [-0.3, -0.25) is 0 Å². The maximum Gasteiger partial charge on any atom is 0.119 e. The van der Waals surface area contributed by atoms with Crippen molar-refractivity contribution in [3.63, 3.8) is 0 Å². The second-order valence-electron chi connectivity index (χ2n) is 5.84. The van der Waals surface area contributed by atoms with Crippen LogP contribution in [0.1, 0.15) is 0 Å². The number of methoxy groups -OCH3 is 2. The second kappa shape index (κ2) is 7.10. The summed E-state index contributed by atoms with van der Waals surface area (Å²) in [7, 11) is 3.37. The summed E-state index contributed by atoms with van der Waals surface area (Å²) in [5.41, 5.74) is 4.56. The van der Waals surface area contributed by atoms with E-state index in [-0.39, 0.29) is 0 Å². The Kier molecular flexibility index (Phi) is 4.50. The fourth-order valence-electron chi connectivity index (χ4n) is 3.05. The first kappa shape index (κ1) is 16.5. The van der Waals surface area contributed by atoms with Crippen LogP contribution in [0.25, 0.3) is 27.5 Å². The topological polar surface area (TPSA) is 23.4 Å². The van der Waals surface area contributed by atoms with E-state index in [9.17, 15) is 0 Å². The van der Waals surface area contributed by atoms with E-state index >= 15 is 0 Å². The number of thiophene rings is 1. The number of nitrogens with zero attached hydrogens (tertiary/aromatic N) is 1. The zero-order chi connectivity index (χ0) is 17.9. The minimum absolute atomic E-state index is 0.851. The molecule has 130 valence electrons. The monoisotopic (exact) mass is 361 g/mol. The standard InChI is InChI=1S/C22H19NO2S/c1-24-18-9-5-16(6-10-18)20-13-14-21(22-4-3-15-26-22)23(20)17-7-11-19(25-2)12-8-17/h3-15H,1-2H3. The van der Waals surface area contributed by atoms with E-state index in [2.05, 4.69) is 58.5 Å². The number of ether oxygens (including phenoxy) is 2. The van der Waals surface area contributed by atoms with Gasteiger partial charge in [-0.15, -0.1) is 11.3 Å². The summed E-state index contributed by atoms with van der Waals surface area (Å²) < 4.78 is 12.9. The van der Waals surface area contributed by atoms with Gasteiger partial charge in [-0.25, -0.2) is 0 Å². The van der Waals surface area contributed by atoms with Crippen LogP contribution >= 0.6 is 11.3 Å². The van der Waals surface area contributed by atoms with E-state index in [1.165, 1.54) is 10.6 Å². The highest BCUT2D eigenvalue weighted by molar-refractivity contribution is 7.13. The van der Waals surface area contributed by atoms with Crippen molar-refractivity contribution in [1.82, 2.24) is 4.57 Å². The molecule has 0 atom stereocenters. The quantitative estimate of drug-likeness (QED) is 0.442. The van der Waals surface area contributed by atoms with E-state index in [0.717, 1.165) is 28.4 Å². The zero-order valence-corrected chi connectivity index (χ0v) is 15.5. The van der Waals surface area contributed by atoms with E-state index < -0.39 is 0 Å². The van der Waals surface area contributed by atoms with E-state index in [4.69, 9.17) is 9.47 Å². The number of hydrogen-bond acceptors (Lipinski definition) is 3. The molecule has 0 aliphatic heterocycles. The highest BCUT2D eigenvalue weighted by Crippen LogP contribution is 2.35. The van der Waals surface area contributed by atoms with Crippen LogP contribution in [0.5, 0.6) is 11.5 Å². The predicted molar refractivity (Wildman–Crippen MR) is 108 cm³/mol. The first-order valence-corrected chi connectivity index (χ1v) is 9.22. The summed E-state index contributed by atoms with van der Waals surface area (Å²) in [4.78, 5) is 1.24. The molecule has 0 amide bonds. The lowest BCUT2D eigenvalue weighted by Gasteiger charge is -2.14. The lowest BCUT2D eigenvalue weighted by atomic mass is 10.1. The van der Waals surface area contributed by atoms with Gasteiger partial charge in [0.1, 0.15) is 11.5 Å². The molecule has 0 saturated carbocycles. The molecule has 4 heteroatoms. The summed E-state index contributed by atoms with van der Waals surface area (Å²) >= 11 is 1.74. The van der Waals surface area contributed by atoms with Crippen molar-refractivity contribution in [3.8, 4) is 39.0 Å². The lowest BCUT2D eigenvalue weighted by Crippen LogP contribution is -1.99. The van der Waals surface area contributed by atoms with Gasteiger partial charge in [0.2, 0.25) is 0 Å². The third-order valence-corrected chi connectivity index (χ3v) is 5.26. The number of rotatable bonds is 5. The summed E-state index contributed by atoms with van der Waals surface area (Å²) in [5.74, 6) is 1.71. The molecule has 0 N–H and O–H groups in total. The van der Waals surface area contributed by atoms with Crippen molar-refractivity contribution in [2.24, 2.45) is 0 Å². The van der Waals surface area contributed by atoms with Crippen LogP contribution in [0, 0.1) is 0 Å². The number of hydrogen-bond donors (Lipinski definition) is 0. The molecular formula is C22H19NO2S. The van der Waals surface area contributed by atoms with Gasteiger partial charge >= 0.3 is 0 Å². The zero-order valence-electron chi connectivity index (χ0n) is 14.7. The maximum absolute atomic E-state index is 5.31. The molecular weight excluding hydrogens is 342 g/mol. The van der Waals surface area contributed by atoms with Crippen LogP contribution in [0.2, 0.25) is 0 Å². The SMILES string of the molecule is COc1ccc(-c2ccc(-c3cccs3)n2-c2ccc(OC)cc2)cc1. The van der Waals surface area contributed by atoms with E-state index in [1.807, 2.05) is 24.3 Å². The fraction of sp³-hybridized carbons (Fsp3) is 0.0909. The highest BCUT2D eigenvalue weighted by Gasteiger charge is 2.14. The minimum atomic E-state index is 0.851. The molecule has 0 aliphatic carbocycles. The van der Waals surface area contributed by atoms with Gasteiger partial charge in [0, 0.05) is 5.69 Å². The van der Waals surface area contributed by atoms with Gasteiger partial charge in [0.05, 0.1) is 30.5 Å². The summed E-state index contributed by atoms with van der Waals surface area (Å²) in [5, 5.41) is 2.10. The Morgan fingerprint density at radius 1 is 0.692 bits per heavy atom. The Morgan fingerprint density at radius 2 is 1.31 bits per heavy atom. The van der Waals surface area contributed by atoms with Gasteiger partial charge in [0.25, 0.3) is 0 Å². The molecule has 0 fully saturated rings. The molecule has 4 aromatic rings. The molecule has 2 aromatic carbocycles. The van der Waals surface area contributed by atoms with Crippen LogP contribution in [-0.4, -0.2) is 18.8 Å². The molecule has 3 nitrogen and oxygen atoms in total. The summed E-state index contributed by atoms with van der Waals surface area (Å²) in [6.45, 7) is 0. The summed E-state index contributed by atoms with van der Waals surface area (Å²) in [6.07, 6.45) is 0. The molecule has 0 saturated heterocycles. The van der Waals surface area contributed by atoms with Crippen LogP contribution in [0.15, 0.2) is 78.2 Å². The Labute approximate surface area is 157 Å². The first-order valence-electron chi connectivity index (χ1n) is 8.34. The second-order valence-corrected chi connectivity index (χ2v) is 6.79. The van der Waals surface area contributed by atoms with Gasteiger partial charge in [-0.1, -0.05) is 6.07 Å². The molecule has 4 rings (SSSR count). The van der Waals surface area contributed by atoms with Gasteiger partial charge in [0.15, 0.2) is 0 Å². The lowest BCUT2D eigenvalue weighted by molar-refractivity contribution is 0.414. The molecule has 0 aliphatic rings. The van der Waals surface area contributed by atoms with Crippen molar-refractivity contribution in [2.75, 3.05) is 14.2 Å². The molecule has 0 unspecified atom stereocenters. The Hall–Kier alpha value is -2.98. The number of benzene rings is 2. The normalized spacial score (nSPS) is 10.7. The van der Waals surface area contributed by atoms with Crippen molar-refractivity contribution in [1.29, 1.82) is 0 Å². The fourth-order valence-corrected chi connectivity index (χ4v) is 3.79. The third-order valence-electron chi connectivity index (χ3n) is 4.37. The maximum atomic E-state index is 5.31. The average Bonchev–Trinajstić information content (AvgIpc) is 3.37. The molecule has 2 aromatic heterocycles. The summed E-state index contributed by atoms with van der Waals surface area (Å²) in [6, 6.07) is 24.9. The third kappa shape index (κ3) is 3.00. The number of aromatic nitrogens is 1. The predicted octanol–water partition coefficient (Wildman–Crippen LogP) is 5.89. The highest BCUT2D eigenvalue weighted by atomic mass is 32.1. The van der Waals surface area contributed by atoms with Crippen molar-refractivity contribution >= 4 is 11.3 Å². The Bertz CT molecular complexity index is 984. The van der Waals surface area contributed by atoms with Gasteiger partial charge in [-0.05, 0) is 77.7 Å². The Balaban J connectivity index is 1.88. The molecule has 0 spiro atoms. The smallest absolute Gasteiger partial charge is 0.119 e. The molecule has 0 bridgehead atoms. The molecule has 2 heterocycles. The first-order chi connectivity index (χ1) is 12.8. The van der Waals surface area contributed by atoms with Crippen molar-refractivity contribution < 1.29 is 9.47 Å². The van der Waals surface area contributed by atoms with Gasteiger partial charge in [-0.2, -0.15) is 0 Å². The van der Waals surface area contributed by atoms with E-state index in [1.54, 1.807) is 25.6 Å². The van der Waals surface area contributed by atoms with Crippen LogP contribution in [0.4, 0.5) is 0 Å². The largest absolute Gasteiger partial charge is 0.497 e. The van der Waals surface area contributed by atoms with Crippen LogP contribution < -0.4 is 9.47 Å². The van der Waals surface area contributed by atoms with Crippen molar-refractivity contribution in [2.45, 2.75) is 0 Å². The Morgan fingerprint density at radius 3 is 1.88 bits per heavy atom.